The number of likely N-dealkylation sites (tertiary alicyclic amines) is 1. The van der Waals surface area contributed by atoms with Gasteiger partial charge in [-0.25, -0.2) is 13.1 Å². The Morgan fingerprint density at radius 2 is 1.62 bits per heavy atom. The SMILES string of the molecule is O=C1CC[C@]2(CNS(=O)(=O)Cc3ccccc3)CCC[C@H]2N1Cc1ccccc1. The van der Waals surface area contributed by atoms with Crippen molar-refractivity contribution in [3.05, 3.63) is 71.8 Å². The van der Waals surface area contributed by atoms with Crippen molar-refractivity contribution in [2.75, 3.05) is 6.54 Å². The minimum Gasteiger partial charge on any atom is -0.335 e. The largest absolute Gasteiger partial charge is 0.335 e. The van der Waals surface area contributed by atoms with Gasteiger partial charge >= 0.3 is 0 Å². The number of rotatable bonds is 7. The Hall–Kier alpha value is -2.18. The van der Waals surface area contributed by atoms with Gasteiger partial charge in [-0.1, -0.05) is 67.1 Å². The molecule has 2 aliphatic rings. The summed E-state index contributed by atoms with van der Waals surface area (Å²) in [6.07, 6.45) is 4.19. The minimum absolute atomic E-state index is 0.0127. The van der Waals surface area contributed by atoms with Crippen LogP contribution in [0, 0.1) is 5.41 Å². The van der Waals surface area contributed by atoms with Crippen molar-refractivity contribution in [3.8, 4) is 0 Å². The maximum Gasteiger partial charge on any atom is 0.223 e. The fourth-order valence-electron chi connectivity index (χ4n) is 4.94. The van der Waals surface area contributed by atoms with E-state index in [1.54, 1.807) is 0 Å². The maximum absolute atomic E-state index is 12.7. The van der Waals surface area contributed by atoms with Crippen LogP contribution in [0.15, 0.2) is 60.7 Å². The average Bonchev–Trinajstić information content (AvgIpc) is 3.15. The van der Waals surface area contributed by atoms with Gasteiger partial charge < -0.3 is 4.90 Å². The first-order chi connectivity index (χ1) is 14.0. The van der Waals surface area contributed by atoms with E-state index in [-0.39, 0.29) is 23.1 Å². The summed E-state index contributed by atoms with van der Waals surface area (Å²) in [6, 6.07) is 19.4. The van der Waals surface area contributed by atoms with E-state index in [0.29, 0.717) is 19.5 Å². The zero-order valence-electron chi connectivity index (χ0n) is 16.6. The number of hydrogen-bond donors (Lipinski definition) is 1. The van der Waals surface area contributed by atoms with Crippen molar-refractivity contribution in [2.24, 2.45) is 5.41 Å². The molecule has 1 aliphatic heterocycles. The van der Waals surface area contributed by atoms with E-state index in [4.69, 9.17) is 0 Å². The molecule has 2 atom stereocenters. The molecule has 1 amide bonds. The van der Waals surface area contributed by atoms with E-state index in [2.05, 4.69) is 4.72 Å². The van der Waals surface area contributed by atoms with Crippen molar-refractivity contribution in [1.82, 2.24) is 9.62 Å². The fraction of sp³-hybridized carbons (Fsp3) is 0.435. The average molecular weight is 413 g/mol. The number of sulfonamides is 1. The third-order valence-corrected chi connectivity index (χ3v) is 7.73. The van der Waals surface area contributed by atoms with Crippen LogP contribution in [0.1, 0.15) is 43.2 Å². The molecule has 0 unspecified atom stereocenters. The molecule has 2 aromatic rings. The van der Waals surface area contributed by atoms with Crippen LogP contribution in [0.2, 0.25) is 0 Å². The van der Waals surface area contributed by atoms with Crippen LogP contribution >= 0.6 is 0 Å². The van der Waals surface area contributed by atoms with Gasteiger partial charge in [0.15, 0.2) is 0 Å². The molecule has 6 heteroatoms. The molecule has 4 rings (SSSR count). The van der Waals surface area contributed by atoms with Crippen molar-refractivity contribution >= 4 is 15.9 Å². The smallest absolute Gasteiger partial charge is 0.223 e. The summed E-state index contributed by atoms with van der Waals surface area (Å²) in [7, 11) is -3.42. The van der Waals surface area contributed by atoms with E-state index in [1.807, 2.05) is 65.6 Å². The van der Waals surface area contributed by atoms with Gasteiger partial charge in [-0.15, -0.1) is 0 Å². The van der Waals surface area contributed by atoms with E-state index in [9.17, 15) is 13.2 Å². The summed E-state index contributed by atoms with van der Waals surface area (Å²) < 4.78 is 28.2. The molecule has 1 saturated heterocycles. The molecule has 5 nitrogen and oxygen atoms in total. The number of fused-ring (bicyclic) bond motifs is 1. The van der Waals surface area contributed by atoms with Gasteiger partial charge in [-0.3, -0.25) is 4.79 Å². The predicted molar refractivity (Wildman–Crippen MR) is 113 cm³/mol. The lowest BCUT2D eigenvalue weighted by Gasteiger charge is -2.46. The lowest BCUT2D eigenvalue weighted by atomic mass is 9.74. The van der Waals surface area contributed by atoms with Crippen LogP contribution in [0.4, 0.5) is 0 Å². The Bertz CT molecular complexity index is 947. The van der Waals surface area contributed by atoms with Gasteiger partial charge in [-0.2, -0.15) is 0 Å². The van der Waals surface area contributed by atoms with Crippen LogP contribution in [-0.2, 0) is 27.1 Å². The first-order valence-corrected chi connectivity index (χ1v) is 12.0. The molecule has 0 aromatic heterocycles. The number of amides is 1. The maximum atomic E-state index is 12.7. The zero-order valence-corrected chi connectivity index (χ0v) is 17.4. The summed E-state index contributed by atoms with van der Waals surface area (Å²) >= 11 is 0. The van der Waals surface area contributed by atoms with E-state index >= 15 is 0 Å². The van der Waals surface area contributed by atoms with Crippen molar-refractivity contribution in [2.45, 2.75) is 50.4 Å². The Kier molecular flexibility index (Phi) is 5.74. The van der Waals surface area contributed by atoms with Crippen LogP contribution in [0.25, 0.3) is 0 Å². The van der Waals surface area contributed by atoms with E-state index in [0.717, 1.165) is 36.8 Å². The van der Waals surface area contributed by atoms with E-state index < -0.39 is 10.0 Å². The van der Waals surface area contributed by atoms with Gasteiger partial charge in [0.1, 0.15) is 0 Å². The highest BCUT2D eigenvalue weighted by molar-refractivity contribution is 7.88. The summed E-state index contributed by atoms with van der Waals surface area (Å²) in [4.78, 5) is 14.7. The second kappa shape index (κ2) is 8.28. The first-order valence-electron chi connectivity index (χ1n) is 10.3. The van der Waals surface area contributed by atoms with Crippen molar-refractivity contribution < 1.29 is 13.2 Å². The molecule has 0 bridgehead atoms. The lowest BCUT2D eigenvalue weighted by molar-refractivity contribution is -0.142. The Balaban J connectivity index is 1.48. The third kappa shape index (κ3) is 4.54. The molecule has 2 fully saturated rings. The zero-order chi connectivity index (χ0) is 20.3. The van der Waals surface area contributed by atoms with Gasteiger partial charge in [0.25, 0.3) is 0 Å². The van der Waals surface area contributed by atoms with Crippen molar-refractivity contribution in [3.63, 3.8) is 0 Å². The lowest BCUT2D eigenvalue weighted by Crippen LogP contribution is -2.55. The first kappa shape index (κ1) is 20.1. The Morgan fingerprint density at radius 1 is 0.966 bits per heavy atom. The number of piperidine rings is 1. The fourth-order valence-corrected chi connectivity index (χ4v) is 6.18. The van der Waals surface area contributed by atoms with Gasteiger partial charge in [-0.05, 0) is 30.4 Å². The minimum atomic E-state index is -3.42. The standard InChI is InChI=1S/C23H28N2O3S/c26-22-13-15-23(18-24-29(27,28)17-20-10-5-2-6-11-20)14-7-12-21(23)25(22)16-19-8-3-1-4-9-19/h1-6,8-11,21,24H,7,12-18H2/t21-,23+/m1/s1. The van der Waals surface area contributed by atoms with Gasteiger partial charge in [0.05, 0.1) is 5.75 Å². The normalized spacial score (nSPS) is 24.5. The number of nitrogens with one attached hydrogen (secondary N) is 1. The second-order valence-corrected chi connectivity index (χ2v) is 10.2. The number of nitrogens with zero attached hydrogens (tertiary/aromatic N) is 1. The molecule has 0 spiro atoms. The molecular weight excluding hydrogens is 384 g/mol. The summed E-state index contributed by atoms with van der Waals surface area (Å²) in [5.41, 5.74) is 1.74. The second-order valence-electron chi connectivity index (χ2n) is 8.34. The van der Waals surface area contributed by atoms with Crippen LogP contribution < -0.4 is 4.72 Å². The van der Waals surface area contributed by atoms with Crippen LogP contribution in [-0.4, -0.2) is 31.8 Å². The highest BCUT2D eigenvalue weighted by atomic mass is 32.2. The Labute approximate surface area is 173 Å². The molecular formula is C23H28N2O3S. The number of carbonyl (C=O) groups excluding carboxylic acids is 1. The molecule has 29 heavy (non-hydrogen) atoms. The highest BCUT2D eigenvalue weighted by Crippen LogP contribution is 2.48. The Morgan fingerprint density at radius 3 is 2.31 bits per heavy atom. The topological polar surface area (TPSA) is 66.5 Å². The number of benzene rings is 2. The molecule has 1 N–H and O–H groups in total. The predicted octanol–water partition coefficient (Wildman–Crippen LogP) is 3.47. The number of carbonyl (C=O) groups is 1. The molecule has 154 valence electrons. The quantitative estimate of drug-likeness (QED) is 0.757. The molecule has 1 heterocycles. The van der Waals surface area contributed by atoms with Crippen molar-refractivity contribution in [1.29, 1.82) is 0 Å². The summed E-state index contributed by atoms with van der Waals surface area (Å²) in [5, 5.41) is 0. The summed E-state index contributed by atoms with van der Waals surface area (Å²) in [6.45, 7) is 1.01. The molecule has 2 aromatic carbocycles. The van der Waals surface area contributed by atoms with Crippen LogP contribution in [0.5, 0.6) is 0 Å². The molecule has 1 aliphatic carbocycles. The third-order valence-electron chi connectivity index (χ3n) is 6.43. The highest BCUT2D eigenvalue weighted by Gasteiger charge is 2.50. The summed E-state index contributed by atoms with van der Waals surface area (Å²) in [5.74, 6) is 0.171. The van der Waals surface area contributed by atoms with E-state index in [1.165, 1.54) is 0 Å². The molecule has 1 saturated carbocycles. The van der Waals surface area contributed by atoms with Gasteiger partial charge in [0, 0.05) is 31.0 Å². The van der Waals surface area contributed by atoms with Gasteiger partial charge in [0.2, 0.25) is 15.9 Å². The molecule has 0 radical (unpaired) electrons. The van der Waals surface area contributed by atoms with Crippen LogP contribution in [0.3, 0.4) is 0 Å². The number of hydrogen-bond acceptors (Lipinski definition) is 3. The monoisotopic (exact) mass is 412 g/mol.